The Balaban J connectivity index is 0.000000696. The highest BCUT2D eigenvalue weighted by Crippen LogP contribution is 2.14. The highest BCUT2D eigenvalue weighted by Gasteiger charge is 2.13. The lowest BCUT2D eigenvalue weighted by atomic mass is 10.1. The van der Waals surface area contributed by atoms with Gasteiger partial charge in [-0.2, -0.15) is 0 Å². The second-order valence-corrected chi connectivity index (χ2v) is 7.29. The molecule has 0 aliphatic rings. The quantitative estimate of drug-likeness (QED) is 0.385. The summed E-state index contributed by atoms with van der Waals surface area (Å²) < 4.78 is 0. The van der Waals surface area contributed by atoms with E-state index in [0.717, 1.165) is 25.9 Å². The molecule has 0 aliphatic carbocycles. The van der Waals surface area contributed by atoms with Crippen LogP contribution in [0.15, 0.2) is 24.3 Å². The molecule has 0 aliphatic heterocycles. The minimum atomic E-state index is -1.11. The fraction of sp³-hybridized carbons (Fsp3) is 0.609. The zero-order valence-corrected chi connectivity index (χ0v) is 18.4. The molecule has 0 heterocycles. The summed E-state index contributed by atoms with van der Waals surface area (Å²) in [5.41, 5.74) is 5.04. The third-order valence-corrected chi connectivity index (χ3v) is 4.64. The molecule has 0 saturated heterocycles. The summed E-state index contributed by atoms with van der Waals surface area (Å²) in [5.74, 6) is -1.62. The van der Waals surface area contributed by atoms with E-state index in [4.69, 9.17) is 15.9 Å². The molecule has 7 heteroatoms. The van der Waals surface area contributed by atoms with Crippen LogP contribution >= 0.6 is 0 Å². The van der Waals surface area contributed by atoms with Gasteiger partial charge in [-0.05, 0) is 25.0 Å². The van der Waals surface area contributed by atoms with E-state index in [0.29, 0.717) is 0 Å². The molecule has 0 radical (unpaired) electrons. The number of nitrogens with zero attached hydrogens (tertiary/aromatic N) is 1. The molecule has 0 unspecified atom stereocenters. The van der Waals surface area contributed by atoms with Crippen molar-refractivity contribution in [3.8, 4) is 5.75 Å². The molecule has 1 aromatic carbocycles. The Morgan fingerprint density at radius 1 is 0.867 bits per heavy atom. The van der Waals surface area contributed by atoms with Crippen LogP contribution in [0.4, 0.5) is 0 Å². The number of carbonyl (C=O) groups excluding carboxylic acids is 2. The number of primary amides is 1. The maximum absolute atomic E-state index is 12.1. The van der Waals surface area contributed by atoms with Gasteiger partial charge in [0.05, 0.1) is 0 Å². The maximum atomic E-state index is 12.1. The van der Waals surface area contributed by atoms with Crippen molar-refractivity contribution in [2.75, 3.05) is 13.1 Å². The van der Waals surface area contributed by atoms with E-state index in [1.165, 1.54) is 50.7 Å². The van der Waals surface area contributed by atoms with Crippen molar-refractivity contribution in [2.24, 2.45) is 5.73 Å². The monoisotopic (exact) mass is 422 g/mol. The van der Waals surface area contributed by atoms with Crippen molar-refractivity contribution in [3.63, 3.8) is 0 Å². The molecule has 170 valence electrons. The van der Waals surface area contributed by atoms with Gasteiger partial charge in [0.25, 0.3) is 0 Å². The first-order valence-corrected chi connectivity index (χ1v) is 10.9. The Bertz CT molecular complexity index is 622. The summed E-state index contributed by atoms with van der Waals surface area (Å²) >= 11 is 0. The highest BCUT2D eigenvalue weighted by atomic mass is 16.4. The zero-order chi connectivity index (χ0) is 22.8. The second kappa shape index (κ2) is 17.3. The number of unbranched alkanes of at least 4 members (excludes halogenated alkanes) is 6. The Morgan fingerprint density at radius 2 is 1.40 bits per heavy atom. The van der Waals surface area contributed by atoms with Gasteiger partial charge in [0.15, 0.2) is 0 Å². The lowest BCUT2D eigenvalue weighted by Crippen LogP contribution is -2.33. The van der Waals surface area contributed by atoms with Crippen molar-refractivity contribution in [1.82, 2.24) is 4.90 Å². The van der Waals surface area contributed by atoms with Crippen molar-refractivity contribution in [1.29, 1.82) is 0 Å². The normalized spacial score (nSPS) is 10.1. The highest BCUT2D eigenvalue weighted by molar-refractivity contribution is 5.90. The molecule has 7 nitrogen and oxygen atoms in total. The first kappa shape index (κ1) is 27.4. The van der Waals surface area contributed by atoms with Crippen LogP contribution in [-0.4, -0.2) is 46.0 Å². The van der Waals surface area contributed by atoms with Crippen LogP contribution in [0.25, 0.3) is 0 Å². The Hall–Kier alpha value is -2.57. The summed E-state index contributed by atoms with van der Waals surface area (Å²) in [4.78, 5) is 35.1. The Morgan fingerprint density at radius 3 is 1.80 bits per heavy atom. The minimum Gasteiger partial charge on any atom is -0.507 e. The first-order valence-electron chi connectivity index (χ1n) is 10.9. The van der Waals surface area contributed by atoms with Crippen molar-refractivity contribution in [2.45, 2.75) is 78.1 Å². The molecule has 1 aromatic rings. The predicted molar refractivity (Wildman–Crippen MR) is 118 cm³/mol. The van der Waals surface area contributed by atoms with Gasteiger partial charge in [-0.15, -0.1) is 0 Å². The Labute approximate surface area is 180 Å². The van der Waals surface area contributed by atoms with Crippen LogP contribution in [0.2, 0.25) is 0 Å². The summed E-state index contributed by atoms with van der Waals surface area (Å²) in [6.07, 6.45) is 9.73. The van der Waals surface area contributed by atoms with Gasteiger partial charge in [-0.1, -0.05) is 64.5 Å². The zero-order valence-electron chi connectivity index (χ0n) is 18.4. The molecule has 1 rings (SSSR count). The lowest BCUT2D eigenvalue weighted by Gasteiger charge is -2.22. The van der Waals surface area contributed by atoms with Crippen LogP contribution < -0.4 is 5.73 Å². The number of aromatic hydroxyl groups is 1. The Kier molecular flexibility index (Phi) is 15.8. The van der Waals surface area contributed by atoms with E-state index < -0.39 is 11.9 Å². The number of rotatable bonds is 14. The smallest absolute Gasteiger partial charge is 0.339 e. The molecule has 0 spiro atoms. The average molecular weight is 423 g/mol. The number of carbonyl (C=O) groups is 3. The number of hydrogen-bond donors (Lipinski definition) is 3. The topological polar surface area (TPSA) is 121 Å². The van der Waals surface area contributed by atoms with E-state index in [9.17, 15) is 14.4 Å². The summed E-state index contributed by atoms with van der Waals surface area (Å²) in [6, 6.07) is 5.81. The summed E-state index contributed by atoms with van der Waals surface area (Å²) in [5, 5.41) is 17.3. The van der Waals surface area contributed by atoms with Gasteiger partial charge >= 0.3 is 5.97 Å². The van der Waals surface area contributed by atoms with Gasteiger partial charge in [0.2, 0.25) is 11.8 Å². The molecule has 0 aromatic heterocycles. The first-order chi connectivity index (χ1) is 14.3. The maximum Gasteiger partial charge on any atom is 0.339 e. The molecular formula is C23H38N2O5. The number of amides is 2. The number of carboxylic acids is 1. The third kappa shape index (κ3) is 13.6. The minimum absolute atomic E-state index is 0.0671. The van der Waals surface area contributed by atoms with Crippen molar-refractivity contribution in [3.05, 3.63) is 29.8 Å². The number of benzene rings is 1. The summed E-state index contributed by atoms with van der Waals surface area (Å²) in [7, 11) is 0. The van der Waals surface area contributed by atoms with Crippen LogP contribution in [0.5, 0.6) is 5.75 Å². The number of carboxylic acid groups (broad SMARTS) is 1. The fourth-order valence-corrected chi connectivity index (χ4v) is 2.86. The van der Waals surface area contributed by atoms with Gasteiger partial charge in [-0.3, -0.25) is 9.59 Å². The van der Waals surface area contributed by atoms with Crippen molar-refractivity contribution < 1.29 is 24.6 Å². The molecule has 0 bridgehead atoms. The van der Waals surface area contributed by atoms with Crippen LogP contribution in [0, 0.1) is 0 Å². The number of nitrogens with two attached hydrogens (primary N) is 1. The number of hydrogen-bond acceptors (Lipinski definition) is 4. The van der Waals surface area contributed by atoms with E-state index in [1.807, 2.05) is 4.90 Å². The molecule has 4 N–H and O–H groups in total. The van der Waals surface area contributed by atoms with Crippen molar-refractivity contribution >= 4 is 17.8 Å². The number of phenols is 1. The molecule has 0 saturated carbocycles. The average Bonchev–Trinajstić information content (AvgIpc) is 2.71. The molecule has 2 amide bonds. The molecule has 0 atom stereocenters. The second-order valence-electron chi connectivity index (χ2n) is 7.29. The summed E-state index contributed by atoms with van der Waals surface area (Å²) in [6.45, 7) is 6.01. The lowest BCUT2D eigenvalue weighted by molar-refractivity contribution is -0.133. The van der Waals surface area contributed by atoms with Gasteiger partial charge in [0, 0.05) is 25.9 Å². The SMILES string of the molecule is CCCCCCN(CCCCCC)C(=O)CCC(N)=O.O=C(O)c1ccccc1O. The van der Waals surface area contributed by atoms with Crippen LogP contribution in [0.1, 0.15) is 88.4 Å². The van der Waals surface area contributed by atoms with Gasteiger partial charge in [0.1, 0.15) is 11.3 Å². The van der Waals surface area contributed by atoms with Gasteiger partial charge in [-0.25, -0.2) is 4.79 Å². The standard InChI is InChI=1S/C16H32N2O2.C7H6O3/c1-3-5-7-9-13-18(14-10-8-6-4-2)16(20)12-11-15(17)19;8-6-4-2-1-3-5(6)7(9)10/h3-14H2,1-2H3,(H2,17,19);1-4,8H,(H,9,10). The third-order valence-electron chi connectivity index (χ3n) is 4.64. The van der Waals surface area contributed by atoms with Crippen LogP contribution in [-0.2, 0) is 9.59 Å². The molecule has 30 heavy (non-hydrogen) atoms. The number of para-hydroxylation sites is 1. The molecular weight excluding hydrogens is 384 g/mol. The largest absolute Gasteiger partial charge is 0.507 e. The van der Waals surface area contributed by atoms with Gasteiger partial charge < -0.3 is 20.8 Å². The van der Waals surface area contributed by atoms with E-state index in [-0.39, 0.29) is 30.1 Å². The predicted octanol–water partition coefficient (Wildman–Crippen LogP) is 4.33. The molecule has 0 fully saturated rings. The number of aromatic carboxylic acids is 1. The van der Waals surface area contributed by atoms with E-state index in [2.05, 4.69) is 13.8 Å². The van der Waals surface area contributed by atoms with E-state index >= 15 is 0 Å². The van der Waals surface area contributed by atoms with Crippen LogP contribution in [0.3, 0.4) is 0 Å². The fourth-order valence-electron chi connectivity index (χ4n) is 2.86. The van der Waals surface area contributed by atoms with E-state index in [1.54, 1.807) is 12.1 Å².